The van der Waals surface area contributed by atoms with E-state index in [9.17, 15) is 13.6 Å². The second-order valence-electron chi connectivity index (χ2n) is 3.32. The molecule has 0 atom stereocenters. The molecule has 0 aliphatic rings. The number of nitrogens with zero attached hydrogens (tertiary/aromatic N) is 1. The number of rotatable bonds is 3. The number of halogens is 3. The van der Waals surface area contributed by atoms with Gasteiger partial charge in [0.2, 0.25) is 0 Å². The largest absolute Gasteiger partial charge is 0.298 e. The van der Waals surface area contributed by atoms with Gasteiger partial charge >= 0.3 is 0 Å². The van der Waals surface area contributed by atoms with Crippen molar-refractivity contribution in [3.63, 3.8) is 0 Å². The lowest BCUT2D eigenvalue weighted by Gasteiger charge is -2.06. The van der Waals surface area contributed by atoms with Gasteiger partial charge in [0.1, 0.15) is 22.9 Å². The molecule has 2 nitrogen and oxygen atoms in total. The van der Waals surface area contributed by atoms with Crippen LogP contribution in [0.2, 0.25) is 5.02 Å². The van der Waals surface area contributed by atoms with E-state index in [1.54, 1.807) is 12.1 Å². The summed E-state index contributed by atoms with van der Waals surface area (Å²) in [5.41, 5.74) is -0.0542. The fourth-order valence-corrected chi connectivity index (χ4v) is 2.31. The Labute approximate surface area is 111 Å². The maximum atomic E-state index is 13.6. The number of benzene rings is 1. The van der Waals surface area contributed by atoms with Crippen LogP contribution in [0.15, 0.2) is 40.4 Å². The van der Waals surface area contributed by atoms with Crippen LogP contribution in [-0.2, 0) is 0 Å². The van der Waals surface area contributed by atoms with E-state index in [1.165, 1.54) is 6.20 Å². The number of hydrogen-bond acceptors (Lipinski definition) is 3. The first-order valence-electron chi connectivity index (χ1n) is 4.84. The number of carbonyl (C=O) groups excluding carboxylic acids is 1. The standard InChI is InChI=1S/C12H6ClF2NOS/c13-8-2-1-3-16-12(8)18-11-9(14)4-7(6-17)5-10(11)15/h1-6H. The molecule has 6 heteroatoms. The van der Waals surface area contributed by atoms with Crippen molar-refractivity contribution >= 4 is 29.6 Å². The van der Waals surface area contributed by atoms with E-state index in [1.807, 2.05) is 0 Å². The number of pyridine rings is 1. The lowest BCUT2D eigenvalue weighted by atomic mass is 10.2. The maximum absolute atomic E-state index is 13.6. The second-order valence-corrected chi connectivity index (χ2v) is 4.73. The molecule has 0 aliphatic heterocycles. The van der Waals surface area contributed by atoms with Crippen LogP contribution in [0.3, 0.4) is 0 Å². The Balaban J connectivity index is 2.41. The summed E-state index contributed by atoms with van der Waals surface area (Å²) in [6, 6.07) is 5.13. The van der Waals surface area contributed by atoms with Crippen LogP contribution in [-0.4, -0.2) is 11.3 Å². The van der Waals surface area contributed by atoms with Crippen molar-refractivity contribution in [1.82, 2.24) is 4.98 Å². The normalized spacial score (nSPS) is 10.4. The molecule has 1 aromatic heterocycles. The Kier molecular flexibility index (Phi) is 3.93. The van der Waals surface area contributed by atoms with Gasteiger partial charge in [-0.15, -0.1) is 0 Å². The summed E-state index contributed by atoms with van der Waals surface area (Å²) in [5, 5.41) is 0.608. The molecule has 0 radical (unpaired) electrons. The third kappa shape index (κ3) is 2.68. The Bertz CT molecular complexity index is 583. The van der Waals surface area contributed by atoms with E-state index in [4.69, 9.17) is 11.6 Å². The quantitative estimate of drug-likeness (QED) is 0.799. The molecule has 92 valence electrons. The minimum atomic E-state index is -0.816. The Morgan fingerprint density at radius 1 is 1.28 bits per heavy atom. The SMILES string of the molecule is O=Cc1cc(F)c(Sc2ncccc2Cl)c(F)c1. The summed E-state index contributed by atoms with van der Waals surface area (Å²) in [6.45, 7) is 0. The molecule has 0 aliphatic carbocycles. The van der Waals surface area contributed by atoms with E-state index >= 15 is 0 Å². The molecule has 18 heavy (non-hydrogen) atoms. The van der Waals surface area contributed by atoms with Crippen molar-refractivity contribution in [2.45, 2.75) is 9.92 Å². The molecule has 2 rings (SSSR count). The van der Waals surface area contributed by atoms with Gasteiger partial charge in [-0.1, -0.05) is 23.4 Å². The highest BCUT2D eigenvalue weighted by Gasteiger charge is 2.14. The van der Waals surface area contributed by atoms with Gasteiger partial charge in [-0.2, -0.15) is 0 Å². The van der Waals surface area contributed by atoms with E-state index in [2.05, 4.69) is 4.98 Å². The molecular formula is C12H6ClF2NOS. The molecule has 0 saturated heterocycles. The average molecular weight is 286 g/mol. The predicted molar refractivity (Wildman–Crippen MR) is 65.1 cm³/mol. The Morgan fingerprint density at radius 2 is 1.94 bits per heavy atom. The van der Waals surface area contributed by atoms with E-state index in [-0.39, 0.29) is 10.5 Å². The minimum Gasteiger partial charge on any atom is -0.298 e. The molecule has 0 unspecified atom stereocenters. The summed E-state index contributed by atoms with van der Waals surface area (Å²) in [6.07, 6.45) is 1.86. The third-order valence-electron chi connectivity index (χ3n) is 2.08. The number of aromatic nitrogens is 1. The van der Waals surface area contributed by atoms with Crippen LogP contribution in [0.1, 0.15) is 10.4 Å². The van der Waals surface area contributed by atoms with E-state index < -0.39 is 11.6 Å². The topological polar surface area (TPSA) is 30.0 Å². The first-order chi connectivity index (χ1) is 8.61. The van der Waals surface area contributed by atoms with Crippen molar-refractivity contribution in [3.05, 3.63) is 52.7 Å². The minimum absolute atomic E-state index is 0.0542. The van der Waals surface area contributed by atoms with Crippen LogP contribution in [0.25, 0.3) is 0 Å². The zero-order valence-corrected chi connectivity index (χ0v) is 10.4. The summed E-state index contributed by atoms with van der Waals surface area (Å²) in [5.74, 6) is -1.63. The summed E-state index contributed by atoms with van der Waals surface area (Å²) < 4.78 is 27.2. The fraction of sp³-hybridized carbons (Fsp3) is 0. The van der Waals surface area contributed by atoms with E-state index in [0.717, 1.165) is 23.9 Å². The molecule has 0 bridgehead atoms. The summed E-state index contributed by atoms with van der Waals surface area (Å²) >= 11 is 6.63. The maximum Gasteiger partial charge on any atom is 0.150 e. The highest BCUT2D eigenvalue weighted by molar-refractivity contribution is 7.99. The first-order valence-corrected chi connectivity index (χ1v) is 6.04. The third-order valence-corrected chi connectivity index (χ3v) is 3.61. The second kappa shape index (κ2) is 5.46. The van der Waals surface area contributed by atoms with Gasteiger partial charge in [0.15, 0.2) is 0 Å². The molecular weight excluding hydrogens is 280 g/mol. The lowest BCUT2D eigenvalue weighted by Crippen LogP contribution is -1.93. The van der Waals surface area contributed by atoms with Gasteiger partial charge in [0.05, 0.1) is 9.92 Å². The molecule has 0 amide bonds. The Morgan fingerprint density at radius 3 is 2.50 bits per heavy atom. The van der Waals surface area contributed by atoms with Crippen LogP contribution < -0.4 is 0 Å². The van der Waals surface area contributed by atoms with Crippen molar-refractivity contribution in [2.75, 3.05) is 0 Å². The van der Waals surface area contributed by atoms with Crippen LogP contribution in [0.4, 0.5) is 8.78 Å². The highest BCUT2D eigenvalue weighted by atomic mass is 35.5. The lowest BCUT2D eigenvalue weighted by molar-refractivity contribution is 0.112. The van der Waals surface area contributed by atoms with Gasteiger partial charge in [-0.3, -0.25) is 4.79 Å². The van der Waals surface area contributed by atoms with Crippen LogP contribution >= 0.6 is 23.4 Å². The van der Waals surface area contributed by atoms with Gasteiger partial charge in [-0.25, -0.2) is 13.8 Å². The summed E-state index contributed by atoms with van der Waals surface area (Å²) in [7, 11) is 0. The van der Waals surface area contributed by atoms with Crippen molar-refractivity contribution in [3.8, 4) is 0 Å². The smallest absolute Gasteiger partial charge is 0.150 e. The van der Waals surface area contributed by atoms with Gasteiger partial charge in [0.25, 0.3) is 0 Å². The van der Waals surface area contributed by atoms with Crippen LogP contribution in [0.5, 0.6) is 0 Å². The summed E-state index contributed by atoms with van der Waals surface area (Å²) in [4.78, 5) is 14.2. The molecule has 0 spiro atoms. The predicted octanol–water partition coefficient (Wildman–Crippen LogP) is 3.98. The number of hydrogen-bond donors (Lipinski definition) is 0. The van der Waals surface area contributed by atoms with Gasteiger partial charge in [-0.05, 0) is 24.3 Å². The molecule has 1 aromatic carbocycles. The monoisotopic (exact) mass is 285 g/mol. The average Bonchev–Trinajstić information content (AvgIpc) is 2.35. The molecule has 0 saturated carbocycles. The fourth-order valence-electron chi connectivity index (χ4n) is 1.29. The van der Waals surface area contributed by atoms with Gasteiger partial charge < -0.3 is 0 Å². The number of carbonyl (C=O) groups is 1. The first kappa shape index (κ1) is 13.0. The molecule has 2 aromatic rings. The Hall–Kier alpha value is -1.46. The highest BCUT2D eigenvalue weighted by Crippen LogP contribution is 2.34. The zero-order valence-electron chi connectivity index (χ0n) is 8.86. The molecule has 0 N–H and O–H groups in total. The van der Waals surface area contributed by atoms with Crippen molar-refractivity contribution in [2.24, 2.45) is 0 Å². The number of aldehydes is 1. The van der Waals surface area contributed by atoms with E-state index in [0.29, 0.717) is 16.3 Å². The van der Waals surface area contributed by atoms with Gasteiger partial charge in [0, 0.05) is 11.8 Å². The van der Waals surface area contributed by atoms with Crippen LogP contribution in [0, 0.1) is 11.6 Å². The molecule has 0 fully saturated rings. The van der Waals surface area contributed by atoms with Crippen molar-refractivity contribution in [1.29, 1.82) is 0 Å². The zero-order chi connectivity index (χ0) is 13.1. The molecule has 1 heterocycles. The van der Waals surface area contributed by atoms with Crippen molar-refractivity contribution < 1.29 is 13.6 Å².